The number of nitrogens with two attached hydrogens (primary N) is 1. The van der Waals surface area contributed by atoms with E-state index in [4.69, 9.17) is 15.2 Å². The summed E-state index contributed by atoms with van der Waals surface area (Å²) in [6.07, 6.45) is 4.66. The summed E-state index contributed by atoms with van der Waals surface area (Å²) >= 11 is 0. The van der Waals surface area contributed by atoms with E-state index in [9.17, 15) is 4.79 Å². The maximum atomic E-state index is 12.1. The molecule has 1 unspecified atom stereocenters. The molecule has 0 saturated carbocycles. The highest BCUT2D eigenvalue weighted by Crippen LogP contribution is 2.30. The second-order valence-electron chi connectivity index (χ2n) is 7.14. The van der Waals surface area contributed by atoms with Crippen molar-refractivity contribution < 1.29 is 14.3 Å². The first-order valence-corrected chi connectivity index (χ1v) is 9.91. The van der Waals surface area contributed by atoms with Gasteiger partial charge in [0.05, 0.1) is 5.70 Å². The predicted octanol–water partition coefficient (Wildman–Crippen LogP) is 5.04. The van der Waals surface area contributed by atoms with Crippen molar-refractivity contribution in [2.24, 2.45) is 10.7 Å². The highest BCUT2D eigenvalue weighted by atomic mass is 16.5. The number of aryl methyl sites for hydroxylation is 1. The molecule has 0 saturated heterocycles. The zero-order chi connectivity index (χ0) is 21.6. The third-order valence-electron chi connectivity index (χ3n) is 4.77. The smallest absolute Gasteiger partial charge is 0.336 e. The van der Waals surface area contributed by atoms with Crippen molar-refractivity contribution in [2.45, 2.75) is 13.0 Å². The quantitative estimate of drug-likeness (QED) is 0.363. The van der Waals surface area contributed by atoms with Gasteiger partial charge in [-0.1, -0.05) is 72.3 Å². The fourth-order valence-electron chi connectivity index (χ4n) is 3.14. The summed E-state index contributed by atoms with van der Waals surface area (Å²) in [5.74, 6) is 0.00935. The lowest BCUT2D eigenvalue weighted by Crippen LogP contribution is -2.22. The Balaban J connectivity index is 1.45. The number of ether oxygens (including phenoxy) is 2. The molecule has 0 aliphatic carbocycles. The summed E-state index contributed by atoms with van der Waals surface area (Å²) in [6, 6.07) is 24.9. The Morgan fingerprint density at radius 3 is 2.42 bits per heavy atom. The molecule has 1 heterocycles. The fraction of sp³-hybridized carbons (Fsp3) is 0.0769. The molecule has 0 radical (unpaired) electrons. The van der Waals surface area contributed by atoms with Crippen LogP contribution in [0, 0.1) is 6.92 Å². The summed E-state index contributed by atoms with van der Waals surface area (Å²) < 4.78 is 11.1. The predicted molar refractivity (Wildman–Crippen MR) is 122 cm³/mol. The summed E-state index contributed by atoms with van der Waals surface area (Å²) in [5, 5.41) is 0. The SMILES string of the molecule is Cc1ccc(C2=CC(c3ccc(OC(=O)/C=C\c4ccccc4)cc3)OC(N)=N2)cc1. The van der Waals surface area contributed by atoms with Gasteiger partial charge in [0.1, 0.15) is 11.9 Å². The van der Waals surface area contributed by atoms with E-state index in [2.05, 4.69) is 4.99 Å². The van der Waals surface area contributed by atoms with Crippen LogP contribution < -0.4 is 10.5 Å². The van der Waals surface area contributed by atoms with E-state index in [1.807, 2.05) is 79.7 Å². The number of rotatable bonds is 5. The van der Waals surface area contributed by atoms with Crippen LogP contribution in [0.15, 0.2) is 96.0 Å². The first kappa shape index (κ1) is 20.2. The first-order valence-electron chi connectivity index (χ1n) is 9.91. The largest absolute Gasteiger partial charge is 0.453 e. The lowest BCUT2D eigenvalue weighted by molar-refractivity contribution is -0.128. The molecule has 31 heavy (non-hydrogen) atoms. The Morgan fingerprint density at radius 1 is 1.00 bits per heavy atom. The van der Waals surface area contributed by atoms with Gasteiger partial charge in [-0.15, -0.1) is 0 Å². The normalized spacial score (nSPS) is 15.7. The average Bonchev–Trinajstić information content (AvgIpc) is 2.79. The van der Waals surface area contributed by atoms with E-state index in [0.717, 1.165) is 22.4 Å². The summed E-state index contributed by atoms with van der Waals surface area (Å²) in [6.45, 7) is 2.04. The molecule has 5 nitrogen and oxygen atoms in total. The Labute approximate surface area is 181 Å². The number of carbonyl (C=O) groups is 1. The number of aliphatic imine (C=N–C) groups is 1. The van der Waals surface area contributed by atoms with E-state index in [1.54, 1.807) is 18.2 Å². The molecule has 0 bridgehead atoms. The molecule has 1 atom stereocenters. The van der Waals surface area contributed by atoms with Crippen LogP contribution in [-0.4, -0.2) is 12.0 Å². The van der Waals surface area contributed by atoms with Gasteiger partial charge < -0.3 is 15.2 Å². The van der Waals surface area contributed by atoms with Crippen molar-refractivity contribution >= 4 is 23.8 Å². The van der Waals surface area contributed by atoms with Gasteiger partial charge in [0.25, 0.3) is 6.02 Å². The molecule has 0 aromatic heterocycles. The molecular weight excluding hydrogens is 388 g/mol. The number of esters is 1. The van der Waals surface area contributed by atoms with Crippen LogP contribution in [-0.2, 0) is 9.53 Å². The zero-order valence-corrected chi connectivity index (χ0v) is 17.1. The lowest BCUT2D eigenvalue weighted by atomic mass is 10.0. The summed E-state index contributed by atoms with van der Waals surface area (Å²) in [4.78, 5) is 16.4. The van der Waals surface area contributed by atoms with Crippen LogP contribution in [0.5, 0.6) is 5.75 Å². The van der Waals surface area contributed by atoms with Crippen molar-refractivity contribution in [3.05, 3.63) is 113 Å². The van der Waals surface area contributed by atoms with Gasteiger partial charge in [-0.05, 0) is 42.3 Å². The number of benzene rings is 3. The summed E-state index contributed by atoms with van der Waals surface area (Å²) in [5.41, 5.74) is 10.6. The summed E-state index contributed by atoms with van der Waals surface area (Å²) in [7, 11) is 0. The van der Waals surface area contributed by atoms with Gasteiger partial charge in [0, 0.05) is 11.6 Å². The molecule has 4 rings (SSSR count). The molecule has 0 fully saturated rings. The minimum absolute atomic E-state index is 0.115. The molecule has 2 N–H and O–H groups in total. The number of hydrogen-bond acceptors (Lipinski definition) is 5. The van der Waals surface area contributed by atoms with E-state index >= 15 is 0 Å². The maximum Gasteiger partial charge on any atom is 0.336 e. The molecule has 0 amide bonds. The molecule has 3 aromatic rings. The van der Waals surface area contributed by atoms with Crippen LogP contribution in [0.4, 0.5) is 0 Å². The third-order valence-corrected chi connectivity index (χ3v) is 4.77. The lowest BCUT2D eigenvalue weighted by Gasteiger charge is -2.21. The van der Waals surface area contributed by atoms with Crippen LogP contribution in [0.1, 0.15) is 28.4 Å². The molecule has 3 aromatic carbocycles. The van der Waals surface area contributed by atoms with Crippen LogP contribution >= 0.6 is 0 Å². The van der Waals surface area contributed by atoms with Crippen molar-refractivity contribution in [2.75, 3.05) is 0 Å². The zero-order valence-electron chi connectivity index (χ0n) is 17.1. The molecular formula is C26H22N2O3. The number of nitrogens with zero attached hydrogens (tertiary/aromatic N) is 1. The second-order valence-corrected chi connectivity index (χ2v) is 7.14. The minimum atomic E-state index is -0.441. The molecule has 1 aliphatic rings. The van der Waals surface area contributed by atoms with Gasteiger partial charge in [-0.25, -0.2) is 4.79 Å². The van der Waals surface area contributed by atoms with E-state index in [1.165, 1.54) is 11.6 Å². The average molecular weight is 410 g/mol. The Morgan fingerprint density at radius 2 is 1.71 bits per heavy atom. The second kappa shape index (κ2) is 9.13. The Hall–Kier alpha value is -4.12. The first-order chi connectivity index (χ1) is 15.1. The molecule has 5 heteroatoms. The topological polar surface area (TPSA) is 73.9 Å². The van der Waals surface area contributed by atoms with E-state index in [-0.39, 0.29) is 12.1 Å². The third kappa shape index (κ3) is 5.28. The van der Waals surface area contributed by atoms with Crippen LogP contribution in [0.25, 0.3) is 11.8 Å². The Bertz CT molecular complexity index is 1150. The van der Waals surface area contributed by atoms with Crippen LogP contribution in [0.3, 0.4) is 0 Å². The van der Waals surface area contributed by atoms with Gasteiger partial charge >= 0.3 is 5.97 Å². The minimum Gasteiger partial charge on any atom is -0.453 e. The molecule has 154 valence electrons. The van der Waals surface area contributed by atoms with Gasteiger partial charge in [0.2, 0.25) is 0 Å². The van der Waals surface area contributed by atoms with E-state index < -0.39 is 5.97 Å². The number of amidine groups is 1. The van der Waals surface area contributed by atoms with Crippen molar-refractivity contribution in [3.63, 3.8) is 0 Å². The van der Waals surface area contributed by atoms with Crippen LogP contribution in [0.2, 0.25) is 0 Å². The maximum absolute atomic E-state index is 12.1. The standard InChI is InChI=1S/C26H22N2O3/c1-18-7-10-20(11-8-18)23-17-24(31-26(27)28-23)21-12-14-22(15-13-21)30-25(29)16-9-19-5-3-2-4-6-19/h2-17,24H,1H3,(H2,27,28)/b16-9-. The number of hydrogen-bond donors (Lipinski definition) is 1. The number of carbonyl (C=O) groups excluding carboxylic acids is 1. The molecule has 0 spiro atoms. The van der Waals surface area contributed by atoms with Crippen molar-refractivity contribution in [1.29, 1.82) is 0 Å². The van der Waals surface area contributed by atoms with Gasteiger partial charge in [-0.2, -0.15) is 4.99 Å². The molecule has 1 aliphatic heterocycles. The van der Waals surface area contributed by atoms with E-state index in [0.29, 0.717) is 5.75 Å². The van der Waals surface area contributed by atoms with Crippen molar-refractivity contribution in [3.8, 4) is 5.75 Å². The Kier molecular flexibility index (Phi) is 5.94. The van der Waals surface area contributed by atoms with Crippen molar-refractivity contribution in [1.82, 2.24) is 0 Å². The fourth-order valence-corrected chi connectivity index (χ4v) is 3.14. The highest BCUT2D eigenvalue weighted by molar-refractivity contribution is 5.88. The van der Waals surface area contributed by atoms with Gasteiger partial charge in [0.15, 0.2) is 0 Å². The highest BCUT2D eigenvalue weighted by Gasteiger charge is 2.19. The monoisotopic (exact) mass is 410 g/mol. The van der Waals surface area contributed by atoms with Gasteiger partial charge in [-0.3, -0.25) is 0 Å².